The van der Waals surface area contributed by atoms with Crippen LogP contribution in [0.25, 0.3) is 0 Å². The van der Waals surface area contributed by atoms with Crippen LogP contribution in [0.2, 0.25) is 0 Å². The third-order valence-corrected chi connectivity index (χ3v) is 4.02. The first-order chi connectivity index (χ1) is 9.70. The van der Waals surface area contributed by atoms with Gasteiger partial charge in [0, 0.05) is 19.6 Å². The molecular weight excluding hydrogens is 250 g/mol. The predicted octanol–water partition coefficient (Wildman–Crippen LogP) is 1.51. The van der Waals surface area contributed by atoms with E-state index in [-0.39, 0.29) is 0 Å². The average molecular weight is 277 g/mol. The minimum absolute atomic E-state index is 0.588. The summed E-state index contributed by atoms with van der Waals surface area (Å²) in [7, 11) is 4.32. The van der Waals surface area contributed by atoms with E-state index in [4.69, 9.17) is 0 Å². The summed E-state index contributed by atoms with van der Waals surface area (Å²) in [4.78, 5) is 13.7. The van der Waals surface area contributed by atoms with E-state index >= 15 is 0 Å². The lowest BCUT2D eigenvalue weighted by Gasteiger charge is -2.35. The molecule has 0 saturated carbocycles. The van der Waals surface area contributed by atoms with Crippen molar-refractivity contribution in [2.45, 2.75) is 38.8 Å². The third kappa shape index (κ3) is 4.15. The van der Waals surface area contributed by atoms with E-state index in [2.05, 4.69) is 46.1 Å². The number of piperidine rings is 1. The normalized spacial score (nSPS) is 17.4. The maximum Gasteiger partial charge on any atom is 0.147 e. The summed E-state index contributed by atoms with van der Waals surface area (Å²) in [6, 6.07) is 0.588. The van der Waals surface area contributed by atoms with Crippen LogP contribution in [0.1, 0.15) is 31.9 Å². The first-order valence-electron chi connectivity index (χ1n) is 7.63. The second-order valence-electron chi connectivity index (χ2n) is 5.69. The summed E-state index contributed by atoms with van der Waals surface area (Å²) in [5.41, 5.74) is 1.01. The molecule has 0 spiro atoms. The van der Waals surface area contributed by atoms with Gasteiger partial charge in [0.1, 0.15) is 5.82 Å². The highest BCUT2D eigenvalue weighted by Crippen LogP contribution is 2.19. The van der Waals surface area contributed by atoms with Crippen LogP contribution >= 0.6 is 0 Å². The number of hydrogen-bond acceptors (Lipinski definition) is 5. The van der Waals surface area contributed by atoms with E-state index in [1.165, 1.54) is 25.9 Å². The number of nitrogens with zero attached hydrogens (tertiary/aromatic N) is 4. The molecule has 112 valence electrons. The van der Waals surface area contributed by atoms with Crippen LogP contribution < -0.4 is 10.2 Å². The molecule has 0 bridgehead atoms. The Morgan fingerprint density at radius 2 is 2.05 bits per heavy atom. The molecule has 0 unspecified atom stereocenters. The van der Waals surface area contributed by atoms with Gasteiger partial charge in [-0.3, -0.25) is 4.98 Å². The zero-order chi connectivity index (χ0) is 14.4. The molecule has 1 N–H and O–H groups in total. The van der Waals surface area contributed by atoms with Crippen molar-refractivity contribution < 1.29 is 0 Å². The summed E-state index contributed by atoms with van der Waals surface area (Å²) >= 11 is 0. The van der Waals surface area contributed by atoms with E-state index in [9.17, 15) is 0 Å². The summed E-state index contributed by atoms with van der Waals surface area (Å²) in [5, 5.41) is 3.35. The fourth-order valence-corrected chi connectivity index (χ4v) is 2.58. The molecule has 1 aliphatic rings. The maximum atomic E-state index is 4.56. The van der Waals surface area contributed by atoms with E-state index in [0.29, 0.717) is 6.04 Å². The fourth-order valence-electron chi connectivity index (χ4n) is 2.58. The lowest BCUT2D eigenvalue weighted by Crippen LogP contribution is -2.42. The largest absolute Gasteiger partial charge is 0.355 e. The Morgan fingerprint density at radius 3 is 2.65 bits per heavy atom. The van der Waals surface area contributed by atoms with Crippen LogP contribution in [0.15, 0.2) is 12.4 Å². The van der Waals surface area contributed by atoms with E-state index < -0.39 is 0 Å². The van der Waals surface area contributed by atoms with Crippen LogP contribution in [0.5, 0.6) is 0 Å². The van der Waals surface area contributed by atoms with E-state index in [0.717, 1.165) is 31.0 Å². The summed E-state index contributed by atoms with van der Waals surface area (Å²) in [6.45, 7) is 6.33. The summed E-state index contributed by atoms with van der Waals surface area (Å²) in [6.07, 6.45) is 7.35. The van der Waals surface area contributed by atoms with Crippen LogP contribution in [0.4, 0.5) is 5.82 Å². The molecule has 1 saturated heterocycles. The van der Waals surface area contributed by atoms with Crippen molar-refractivity contribution in [3.05, 3.63) is 18.1 Å². The molecule has 1 aromatic heterocycles. The fraction of sp³-hybridized carbons (Fsp3) is 0.733. The first kappa shape index (κ1) is 15.2. The molecule has 0 aliphatic carbocycles. The van der Waals surface area contributed by atoms with Crippen LogP contribution in [-0.4, -0.2) is 54.6 Å². The number of rotatable bonds is 6. The summed E-state index contributed by atoms with van der Waals surface area (Å²) < 4.78 is 0. The van der Waals surface area contributed by atoms with Gasteiger partial charge < -0.3 is 15.1 Å². The predicted molar refractivity (Wildman–Crippen MR) is 83.0 cm³/mol. The second-order valence-corrected chi connectivity index (χ2v) is 5.69. The van der Waals surface area contributed by atoms with Gasteiger partial charge in [0.05, 0.1) is 18.1 Å². The van der Waals surface area contributed by atoms with Gasteiger partial charge >= 0.3 is 0 Å². The molecule has 0 aromatic carbocycles. The topological polar surface area (TPSA) is 44.3 Å². The van der Waals surface area contributed by atoms with Crippen molar-refractivity contribution in [1.82, 2.24) is 20.2 Å². The molecule has 1 aromatic rings. The number of aromatic nitrogens is 2. The first-order valence-corrected chi connectivity index (χ1v) is 7.63. The highest BCUT2D eigenvalue weighted by molar-refractivity contribution is 5.36. The van der Waals surface area contributed by atoms with Gasteiger partial charge in [-0.25, -0.2) is 4.98 Å². The van der Waals surface area contributed by atoms with Crippen molar-refractivity contribution in [1.29, 1.82) is 0 Å². The Morgan fingerprint density at radius 1 is 1.30 bits per heavy atom. The molecular formula is C15H27N5. The highest BCUT2D eigenvalue weighted by atomic mass is 15.2. The molecule has 0 atom stereocenters. The van der Waals surface area contributed by atoms with Gasteiger partial charge in [-0.05, 0) is 45.9 Å². The van der Waals surface area contributed by atoms with Gasteiger partial charge in [-0.2, -0.15) is 0 Å². The molecule has 5 nitrogen and oxygen atoms in total. The Hall–Kier alpha value is -1.20. The monoisotopic (exact) mass is 277 g/mol. The zero-order valence-electron chi connectivity index (χ0n) is 13.0. The highest BCUT2D eigenvalue weighted by Gasteiger charge is 2.21. The minimum atomic E-state index is 0.588. The Labute approximate surface area is 122 Å². The Balaban J connectivity index is 1.88. The van der Waals surface area contributed by atoms with E-state index in [1.807, 2.05) is 12.4 Å². The number of nitrogens with one attached hydrogen (secondary N) is 1. The van der Waals surface area contributed by atoms with E-state index in [1.54, 1.807) is 0 Å². The smallest absolute Gasteiger partial charge is 0.147 e. The van der Waals surface area contributed by atoms with Gasteiger partial charge in [0.2, 0.25) is 0 Å². The molecule has 0 amide bonds. The Bertz CT molecular complexity index is 384. The maximum absolute atomic E-state index is 4.56. The zero-order valence-corrected chi connectivity index (χ0v) is 13.0. The van der Waals surface area contributed by atoms with Gasteiger partial charge in [0.15, 0.2) is 0 Å². The average Bonchev–Trinajstić information content (AvgIpc) is 2.48. The summed E-state index contributed by atoms with van der Waals surface area (Å²) in [5.74, 6) is 0.985. The second kappa shape index (κ2) is 7.55. The van der Waals surface area contributed by atoms with Crippen LogP contribution in [0, 0.1) is 0 Å². The van der Waals surface area contributed by atoms with Crippen molar-refractivity contribution >= 4 is 5.82 Å². The van der Waals surface area contributed by atoms with Crippen molar-refractivity contribution in [3.8, 4) is 0 Å². The number of likely N-dealkylation sites (tertiary alicyclic amines) is 1. The molecule has 1 fully saturated rings. The van der Waals surface area contributed by atoms with Crippen LogP contribution in [0.3, 0.4) is 0 Å². The molecule has 0 radical (unpaired) electrons. The van der Waals surface area contributed by atoms with Crippen molar-refractivity contribution in [3.63, 3.8) is 0 Å². The van der Waals surface area contributed by atoms with Crippen molar-refractivity contribution in [2.24, 2.45) is 0 Å². The number of hydrogen-bond donors (Lipinski definition) is 1. The minimum Gasteiger partial charge on any atom is -0.355 e. The molecule has 20 heavy (non-hydrogen) atoms. The number of anilines is 1. The molecule has 2 rings (SSSR count). The SMILES string of the molecule is CCCNCc1cnc(N(C)C2CCN(C)CC2)cn1. The van der Waals surface area contributed by atoms with Gasteiger partial charge in [-0.15, -0.1) is 0 Å². The standard InChI is InChI=1S/C15H27N5/c1-4-7-16-10-13-11-18-15(12-17-13)20(3)14-5-8-19(2)9-6-14/h11-12,14,16H,4-10H2,1-3H3. The third-order valence-electron chi connectivity index (χ3n) is 4.02. The lowest BCUT2D eigenvalue weighted by atomic mass is 10.0. The Kier molecular flexibility index (Phi) is 5.73. The quantitative estimate of drug-likeness (QED) is 0.799. The van der Waals surface area contributed by atoms with Crippen molar-refractivity contribution in [2.75, 3.05) is 38.6 Å². The molecule has 5 heteroatoms. The van der Waals surface area contributed by atoms with Gasteiger partial charge in [0.25, 0.3) is 0 Å². The van der Waals surface area contributed by atoms with Crippen LogP contribution in [-0.2, 0) is 6.54 Å². The van der Waals surface area contributed by atoms with Gasteiger partial charge in [-0.1, -0.05) is 6.92 Å². The molecule has 2 heterocycles. The molecule has 1 aliphatic heterocycles. The lowest BCUT2D eigenvalue weighted by molar-refractivity contribution is 0.252.